The van der Waals surface area contributed by atoms with E-state index < -0.39 is 0 Å². The Labute approximate surface area is 137 Å². The average molecular weight is 320 g/mol. The monoisotopic (exact) mass is 319 g/mol. The molecule has 0 atom stereocenters. The molecule has 2 aromatic rings. The number of hydrogen-bond donors (Lipinski definition) is 1. The molecule has 2 aromatic carbocycles. The lowest BCUT2D eigenvalue weighted by Gasteiger charge is -2.11. The summed E-state index contributed by atoms with van der Waals surface area (Å²) in [5.41, 5.74) is 7.54. The Morgan fingerprint density at radius 1 is 1.00 bits per heavy atom. The first kappa shape index (κ1) is 16.5. The van der Waals surface area contributed by atoms with E-state index in [0.717, 1.165) is 17.9 Å². The Balaban J connectivity index is 1.73. The van der Waals surface area contributed by atoms with Gasteiger partial charge in [0.1, 0.15) is 11.5 Å². The van der Waals surface area contributed by atoms with Crippen molar-refractivity contribution >= 4 is 17.3 Å². The molecule has 0 amide bonds. The molecule has 118 valence electrons. The number of benzene rings is 2. The first-order chi connectivity index (χ1) is 10.6. The Morgan fingerprint density at radius 3 is 2.32 bits per heavy atom. The van der Waals surface area contributed by atoms with Gasteiger partial charge in [-0.2, -0.15) is 0 Å². The number of nitrogen functional groups attached to an aromatic ring is 1. The Hall–Kier alpha value is -1.87. The Morgan fingerprint density at radius 2 is 1.68 bits per heavy atom. The van der Waals surface area contributed by atoms with Gasteiger partial charge >= 0.3 is 0 Å². The molecule has 3 nitrogen and oxygen atoms in total. The lowest BCUT2D eigenvalue weighted by molar-refractivity contribution is 0.247. The maximum Gasteiger partial charge on any atom is 0.121 e. The molecule has 4 heteroatoms. The minimum absolute atomic E-state index is 0.502. The first-order valence-corrected chi connectivity index (χ1v) is 7.84. The van der Waals surface area contributed by atoms with Crippen molar-refractivity contribution in [3.63, 3.8) is 0 Å². The van der Waals surface area contributed by atoms with Crippen LogP contribution in [-0.4, -0.2) is 13.2 Å². The summed E-state index contributed by atoms with van der Waals surface area (Å²) in [6.45, 7) is 5.53. The second kappa shape index (κ2) is 7.95. The number of anilines is 1. The molecule has 0 unspecified atom stereocenters. The van der Waals surface area contributed by atoms with Gasteiger partial charge < -0.3 is 15.2 Å². The van der Waals surface area contributed by atoms with E-state index in [0.29, 0.717) is 29.8 Å². The van der Waals surface area contributed by atoms with Crippen LogP contribution in [0.15, 0.2) is 42.5 Å². The van der Waals surface area contributed by atoms with Gasteiger partial charge in [0.15, 0.2) is 0 Å². The van der Waals surface area contributed by atoms with Crippen LogP contribution in [0.4, 0.5) is 5.69 Å². The third-order valence-electron chi connectivity index (χ3n) is 3.32. The SMILES string of the molecule is CC(C)c1cccc(OCCCOc2ccc(Cl)c(N)c2)c1. The number of ether oxygens (including phenoxy) is 2. The van der Waals surface area contributed by atoms with Crippen molar-refractivity contribution in [1.82, 2.24) is 0 Å². The maximum atomic E-state index is 5.87. The lowest BCUT2D eigenvalue weighted by atomic mass is 10.0. The smallest absolute Gasteiger partial charge is 0.121 e. The normalized spacial score (nSPS) is 10.7. The third-order valence-corrected chi connectivity index (χ3v) is 3.66. The van der Waals surface area contributed by atoms with Crippen LogP contribution >= 0.6 is 11.6 Å². The van der Waals surface area contributed by atoms with E-state index in [1.807, 2.05) is 18.2 Å². The highest BCUT2D eigenvalue weighted by atomic mass is 35.5. The molecule has 0 radical (unpaired) electrons. The van der Waals surface area contributed by atoms with E-state index in [4.69, 9.17) is 26.8 Å². The van der Waals surface area contributed by atoms with Crippen LogP contribution < -0.4 is 15.2 Å². The van der Waals surface area contributed by atoms with Crippen molar-refractivity contribution in [2.24, 2.45) is 0 Å². The summed E-state index contributed by atoms with van der Waals surface area (Å²) in [6, 6.07) is 13.5. The maximum absolute atomic E-state index is 5.87. The van der Waals surface area contributed by atoms with Crippen LogP contribution in [0.25, 0.3) is 0 Å². The van der Waals surface area contributed by atoms with E-state index in [-0.39, 0.29) is 0 Å². The molecule has 0 heterocycles. The van der Waals surface area contributed by atoms with Crippen molar-refractivity contribution in [3.05, 3.63) is 53.1 Å². The van der Waals surface area contributed by atoms with E-state index in [1.165, 1.54) is 5.56 Å². The van der Waals surface area contributed by atoms with E-state index in [2.05, 4.69) is 26.0 Å². The van der Waals surface area contributed by atoms with Gasteiger partial charge in [-0.15, -0.1) is 0 Å². The quantitative estimate of drug-likeness (QED) is 0.583. The molecule has 22 heavy (non-hydrogen) atoms. The van der Waals surface area contributed by atoms with Gasteiger partial charge in [-0.1, -0.05) is 37.6 Å². The highest BCUT2D eigenvalue weighted by Gasteiger charge is 2.02. The summed E-state index contributed by atoms with van der Waals surface area (Å²) < 4.78 is 11.4. The predicted molar refractivity (Wildman–Crippen MR) is 92.0 cm³/mol. The fourth-order valence-electron chi connectivity index (χ4n) is 2.01. The van der Waals surface area contributed by atoms with Gasteiger partial charge in [-0.05, 0) is 35.7 Å². The fourth-order valence-corrected chi connectivity index (χ4v) is 2.13. The standard InChI is InChI=1S/C18H22ClNO2/c1-13(2)14-5-3-6-15(11-14)21-9-4-10-22-16-7-8-17(19)18(20)12-16/h3,5-8,11-13H,4,9-10,20H2,1-2H3. The molecule has 2 N–H and O–H groups in total. The second-order valence-corrected chi connectivity index (χ2v) is 5.87. The summed E-state index contributed by atoms with van der Waals surface area (Å²) in [7, 11) is 0. The van der Waals surface area contributed by atoms with Gasteiger partial charge in [0.25, 0.3) is 0 Å². The average Bonchev–Trinajstić information content (AvgIpc) is 2.50. The van der Waals surface area contributed by atoms with Gasteiger partial charge in [0.05, 0.1) is 23.9 Å². The summed E-state index contributed by atoms with van der Waals surface area (Å²) >= 11 is 5.87. The minimum atomic E-state index is 0.502. The summed E-state index contributed by atoms with van der Waals surface area (Å²) in [5.74, 6) is 2.13. The van der Waals surface area contributed by atoms with Crippen LogP contribution in [0, 0.1) is 0 Å². The molecule has 2 rings (SSSR count). The highest BCUT2D eigenvalue weighted by Crippen LogP contribution is 2.24. The molecule has 0 saturated heterocycles. The molecule has 0 aliphatic heterocycles. The number of hydrogen-bond acceptors (Lipinski definition) is 3. The molecule has 0 fully saturated rings. The molecule has 0 aliphatic carbocycles. The summed E-state index contributed by atoms with van der Waals surface area (Å²) in [5, 5.41) is 0.542. The van der Waals surface area contributed by atoms with E-state index in [1.54, 1.807) is 12.1 Å². The highest BCUT2D eigenvalue weighted by molar-refractivity contribution is 6.33. The van der Waals surface area contributed by atoms with Crippen LogP contribution in [-0.2, 0) is 0 Å². The largest absolute Gasteiger partial charge is 0.493 e. The Kier molecular flexibility index (Phi) is 5.96. The fraction of sp³-hybridized carbons (Fsp3) is 0.333. The molecule has 0 aliphatic rings. The molecule has 0 spiro atoms. The molecular weight excluding hydrogens is 298 g/mol. The third kappa shape index (κ3) is 4.85. The molecule has 0 saturated carbocycles. The zero-order chi connectivity index (χ0) is 15.9. The van der Waals surface area contributed by atoms with E-state index >= 15 is 0 Å². The van der Waals surface area contributed by atoms with Crippen molar-refractivity contribution in [1.29, 1.82) is 0 Å². The first-order valence-electron chi connectivity index (χ1n) is 7.47. The van der Waals surface area contributed by atoms with Crippen LogP contribution in [0.2, 0.25) is 5.02 Å². The second-order valence-electron chi connectivity index (χ2n) is 5.46. The van der Waals surface area contributed by atoms with Gasteiger partial charge in [0, 0.05) is 12.5 Å². The van der Waals surface area contributed by atoms with Crippen molar-refractivity contribution < 1.29 is 9.47 Å². The molecule has 0 bridgehead atoms. The number of halogens is 1. The van der Waals surface area contributed by atoms with Gasteiger partial charge in [-0.25, -0.2) is 0 Å². The molecule has 0 aromatic heterocycles. The summed E-state index contributed by atoms with van der Waals surface area (Å²) in [4.78, 5) is 0. The van der Waals surface area contributed by atoms with Crippen molar-refractivity contribution in [2.45, 2.75) is 26.2 Å². The van der Waals surface area contributed by atoms with Crippen LogP contribution in [0.3, 0.4) is 0 Å². The predicted octanol–water partition coefficient (Wildman–Crippen LogP) is 4.89. The Bertz CT molecular complexity index is 614. The van der Waals surface area contributed by atoms with E-state index in [9.17, 15) is 0 Å². The lowest BCUT2D eigenvalue weighted by Crippen LogP contribution is -2.05. The topological polar surface area (TPSA) is 44.5 Å². The minimum Gasteiger partial charge on any atom is -0.493 e. The number of rotatable bonds is 7. The van der Waals surface area contributed by atoms with Crippen molar-refractivity contribution in [3.8, 4) is 11.5 Å². The zero-order valence-corrected chi connectivity index (χ0v) is 13.8. The van der Waals surface area contributed by atoms with Crippen LogP contribution in [0.1, 0.15) is 31.7 Å². The van der Waals surface area contributed by atoms with Crippen molar-refractivity contribution in [2.75, 3.05) is 18.9 Å². The van der Waals surface area contributed by atoms with Gasteiger partial charge in [-0.3, -0.25) is 0 Å². The van der Waals surface area contributed by atoms with Crippen LogP contribution in [0.5, 0.6) is 11.5 Å². The zero-order valence-electron chi connectivity index (χ0n) is 13.0. The van der Waals surface area contributed by atoms with Gasteiger partial charge in [0.2, 0.25) is 0 Å². The number of nitrogens with two attached hydrogens (primary N) is 1. The summed E-state index contributed by atoms with van der Waals surface area (Å²) in [6.07, 6.45) is 0.800. The molecular formula is C18H22ClNO2.